The summed E-state index contributed by atoms with van der Waals surface area (Å²) in [6.07, 6.45) is 2.00. The molecule has 2 rings (SSSR count). The number of nitrogens with one attached hydrogen (secondary N) is 2. The van der Waals surface area contributed by atoms with Crippen LogP contribution in [0.5, 0.6) is 0 Å². The van der Waals surface area contributed by atoms with Crippen LogP contribution in [0.4, 0.5) is 16.2 Å². The number of urea groups is 1. The van der Waals surface area contributed by atoms with E-state index < -0.39 is 4.92 Å². The number of carbonyl (C=O) groups excluding carboxylic acids is 1. The summed E-state index contributed by atoms with van der Waals surface area (Å²) < 4.78 is 0. The van der Waals surface area contributed by atoms with Crippen molar-refractivity contribution in [2.24, 2.45) is 0 Å². The fourth-order valence-corrected chi connectivity index (χ4v) is 2.24. The maximum atomic E-state index is 12.1. The molecule has 1 aliphatic heterocycles. The molecule has 1 saturated heterocycles. The number of nitro groups is 1. The third-order valence-electron chi connectivity index (χ3n) is 3.45. The Hall–Kier alpha value is -2.15. The second-order valence-corrected chi connectivity index (χ2v) is 4.85. The summed E-state index contributed by atoms with van der Waals surface area (Å²) in [4.78, 5) is 24.0. The second-order valence-electron chi connectivity index (χ2n) is 4.85. The molecular formula is C13H18N4O3. The highest BCUT2D eigenvalue weighted by Gasteiger charge is 2.22. The highest BCUT2D eigenvalue weighted by atomic mass is 16.6. The summed E-state index contributed by atoms with van der Waals surface area (Å²) in [7, 11) is 1.74. The quantitative estimate of drug-likeness (QED) is 0.652. The van der Waals surface area contributed by atoms with Crippen LogP contribution in [0.1, 0.15) is 12.8 Å². The predicted octanol–water partition coefficient (Wildman–Crippen LogP) is 1.81. The van der Waals surface area contributed by atoms with Crippen molar-refractivity contribution in [3.63, 3.8) is 0 Å². The fourth-order valence-electron chi connectivity index (χ4n) is 2.24. The molecule has 20 heavy (non-hydrogen) atoms. The van der Waals surface area contributed by atoms with E-state index >= 15 is 0 Å². The molecule has 0 radical (unpaired) electrons. The Labute approximate surface area is 117 Å². The Kier molecular flexibility index (Phi) is 4.52. The van der Waals surface area contributed by atoms with Crippen LogP contribution in [0.15, 0.2) is 24.3 Å². The SMILES string of the molecule is CN(C(=O)Nc1cccc([N+](=O)[O-])c1)C1CCCNC1. The molecule has 7 nitrogen and oxygen atoms in total. The number of benzene rings is 1. The minimum atomic E-state index is -0.482. The van der Waals surface area contributed by atoms with E-state index in [1.165, 1.54) is 12.1 Å². The first kappa shape index (κ1) is 14.3. The number of hydrogen-bond donors (Lipinski definition) is 2. The molecular weight excluding hydrogens is 260 g/mol. The number of piperidine rings is 1. The van der Waals surface area contributed by atoms with Crippen LogP contribution in [0, 0.1) is 10.1 Å². The zero-order chi connectivity index (χ0) is 14.5. The van der Waals surface area contributed by atoms with Crippen molar-refractivity contribution in [1.82, 2.24) is 10.2 Å². The monoisotopic (exact) mass is 278 g/mol. The summed E-state index contributed by atoms with van der Waals surface area (Å²) >= 11 is 0. The maximum Gasteiger partial charge on any atom is 0.321 e. The molecule has 1 fully saturated rings. The molecule has 1 heterocycles. The molecule has 1 atom stereocenters. The van der Waals surface area contributed by atoms with Gasteiger partial charge in [-0.3, -0.25) is 10.1 Å². The lowest BCUT2D eigenvalue weighted by molar-refractivity contribution is -0.384. The summed E-state index contributed by atoms with van der Waals surface area (Å²) in [5, 5.41) is 16.6. The van der Waals surface area contributed by atoms with Crippen molar-refractivity contribution in [1.29, 1.82) is 0 Å². The van der Waals surface area contributed by atoms with Crippen molar-refractivity contribution < 1.29 is 9.72 Å². The third-order valence-corrected chi connectivity index (χ3v) is 3.45. The Morgan fingerprint density at radius 2 is 2.35 bits per heavy atom. The van der Waals surface area contributed by atoms with E-state index in [0.717, 1.165) is 25.9 Å². The summed E-state index contributed by atoms with van der Waals surface area (Å²) in [5.41, 5.74) is 0.393. The van der Waals surface area contributed by atoms with Gasteiger partial charge in [0.25, 0.3) is 5.69 Å². The van der Waals surface area contributed by atoms with Gasteiger partial charge in [-0.25, -0.2) is 4.79 Å². The predicted molar refractivity (Wildman–Crippen MR) is 75.8 cm³/mol. The lowest BCUT2D eigenvalue weighted by Gasteiger charge is -2.31. The number of rotatable bonds is 3. The van der Waals surface area contributed by atoms with Crippen LogP contribution in [-0.4, -0.2) is 42.0 Å². The molecule has 0 saturated carbocycles. The number of amides is 2. The van der Waals surface area contributed by atoms with E-state index in [2.05, 4.69) is 10.6 Å². The van der Waals surface area contributed by atoms with Gasteiger partial charge in [-0.2, -0.15) is 0 Å². The third kappa shape index (κ3) is 3.45. The molecule has 1 aromatic carbocycles. The van der Waals surface area contributed by atoms with Crippen LogP contribution >= 0.6 is 0 Å². The summed E-state index contributed by atoms with van der Waals surface area (Å²) in [5.74, 6) is 0. The minimum absolute atomic E-state index is 0.0372. The number of anilines is 1. The van der Waals surface area contributed by atoms with E-state index in [-0.39, 0.29) is 17.8 Å². The van der Waals surface area contributed by atoms with Gasteiger partial charge in [-0.15, -0.1) is 0 Å². The van der Waals surface area contributed by atoms with E-state index in [1.807, 2.05) is 0 Å². The number of nitro benzene ring substituents is 1. The van der Waals surface area contributed by atoms with Gasteiger partial charge >= 0.3 is 6.03 Å². The van der Waals surface area contributed by atoms with Gasteiger partial charge in [0.1, 0.15) is 0 Å². The normalized spacial score (nSPS) is 18.4. The van der Waals surface area contributed by atoms with E-state index in [0.29, 0.717) is 5.69 Å². The molecule has 7 heteroatoms. The number of hydrogen-bond acceptors (Lipinski definition) is 4. The van der Waals surface area contributed by atoms with Gasteiger partial charge in [0.15, 0.2) is 0 Å². The Morgan fingerprint density at radius 3 is 3.00 bits per heavy atom. The molecule has 0 aliphatic carbocycles. The van der Waals surface area contributed by atoms with Crippen molar-refractivity contribution in [3.05, 3.63) is 34.4 Å². The maximum absolute atomic E-state index is 12.1. The van der Waals surface area contributed by atoms with E-state index in [9.17, 15) is 14.9 Å². The molecule has 0 bridgehead atoms. The number of non-ortho nitro benzene ring substituents is 1. The highest BCUT2D eigenvalue weighted by Crippen LogP contribution is 2.18. The Morgan fingerprint density at radius 1 is 1.55 bits per heavy atom. The van der Waals surface area contributed by atoms with Gasteiger partial charge in [0.05, 0.1) is 4.92 Å². The van der Waals surface area contributed by atoms with Gasteiger partial charge in [-0.1, -0.05) is 6.07 Å². The van der Waals surface area contributed by atoms with Crippen molar-refractivity contribution in [2.75, 3.05) is 25.5 Å². The average Bonchev–Trinajstić information content (AvgIpc) is 2.47. The largest absolute Gasteiger partial charge is 0.323 e. The van der Waals surface area contributed by atoms with Gasteiger partial charge < -0.3 is 15.5 Å². The van der Waals surface area contributed by atoms with Crippen LogP contribution in [0.3, 0.4) is 0 Å². The number of carbonyl (C=O) groups is 1. The molecule has 1 aliphatic rings. The number of nitrogens with zero attached hydrogens (tertiary/aromatic N) is 2. The van der Waals surface area contributed by atoms with Gasteiger partial charge in [-0.05, 0) is 25.5 Å². The first-order valence-electron chi connectivity index (χ1n) is 6.57. The van der Waals surface area contributed by atoms with E-state index in [4.69, 9.17) is 0 Å². The fraction of sp³-hybridized carbons (Fsp3) is 0.462. The minimum Gasteiger partial charge on any atom is -0.323 e. The highest BCUT2D eigenvalue weighted by molar-refractivity contribution is 5.89. The van der Waals surface area contributed by atoms with Gasteiger partial charge in [0, 0.05) is 37.5 Å². The van der Waals surface area contributed by atoms with Crippen LogP contribution in [-0.2, 0) is 0 Å². The zero-order valence-electron chi connectivity index (χ0n) is 11.3. The van der Waals surface area contributed by atoms with Crippen LogP contribution in [0.2, 0.25) is 0 Å². The molecule has 2 N–H and O–H groups in total. The Bertz CT molecular complexity index is 500. The second kappa shape index (κ2) is 6.33. The Balaban J connectivity index is 1.99. The van der Waals surface area contributed by atoms with Gasteiger partial charge in [0.2, 0.25) is 0 Å². The van der Waals surface area contributed by atoms with Crippen molar-refractivity contribution in [2.45, 2.75) is 18.9 Å². The van der Waals surface area contributed by atoms with E-state index in [1.54, 1.807) is 24.1 Å². The van der Waals surface area contributed by atoms with Crippen molar-refractivity contribution in [3.8, 4) is 0 Å². The number of likely N-dealkylation sites (N-methyl/N-ethyl adjacent to an activating group) is 1. The topological polar surface area (TPSA) is 87.5 Å². The zero-order valence-corrected chi connectivity index (χ0v) is 11.3. The molecule has 0 aromatic heterocycles. The molecule has 108 valence electrons. The lowest BCUT2D eigenvalue weighted by atomic mass is 10.1. The average molecular weight is 278 g/mol. The lowest BCUT2D eigenvalue weighted by Crippen LogP contribution is -2.48. The summed E-state index contributed by atoms with van der Waals surface area (Å²) in [6.45, 7) is 1.76. The van der Waals surface area contributed by atoms with Crippen LogP contribution < -0.4 is 10.6 Å². The molecule has 0 spiro atoms. The molecule has 1 unspecified atom stereocenters. The first-order chi connectivity index (χ1) is 9.58. The first-order valence-corrected chi connectivity index (χ1v) is 6.57. The molecule has 2 amide bonds. The van der Waals surface area contributed by atoms with Crippen molar-refractivity contribution >= 4 is 17.4 Å². The summed E-state index contributed by atoms with van der Waals surface area (Å²) in [6, 6.07) is 5.84. The standard InChI is InChI=1S/C13H18N4O3/c1-16(12-6-3-7-14-9-12)13(18)15-10-4-2-5-11(8-10)17(19)20/h2,4-5,8,12,14H,3,6-7,9H2,1H3,(H,15,18). The van der Waals surface area contributed by atoms with Crippen LogP contribution in [0.25, 0.3) is 0 Å². The smallest absolute Gasteiger partial charge is 0.321 e. The molecule has 1 aromatic rings.